The molecule has 2 rings (SSSR count). The molecule has 18 heavy (non-hydrogen) atoms. The number of phenols is 1. The molecule has 1 atom stereocenters. The summed E-state index contributed by atoms with van der Waals surface area (Å²) in [5, 5.41) is 18.8. The van der Waals surface area contributed by atoms with E-state index >= 15 is 0 Å². The fourth-order valence-electron chi connectivity index (χ4n) is 1.85. The topological polar surface area (TPSA) is 57.5 Å². The zero-order chi connectivity index (χ0) is 13.1. The van der Waals surface area contributed by atoms with Crippen molar-refractivity contribution in [3.63, 3.8) is 0 Å². The first-order valence-electron chi connectivity index (χ1n) is 5.70. The number of rotatable bonds is 3. The Labute approximate surface area is 105 Å². The molecule has 92 valence electrons. The van der Waals surface area contributed by atoms with Gasteiger partial charge in [0.2, 0.25) is 0 Å². The number of aliphatic carboxylic acids is 1. The molecule has 3 heteroatoms. The molecule has 3 nitrogen and oxygen atoms in total. The van der Waals surface area contributed by atoms with Crippen LogP contribution < -0.4 is 0 Å². The van der Waals surface area contributed by atoms with Crippen molar-refractivity contribution in [2.24, 2.45) is 0 Å². The maximum atomic E-state index is 10.9. The van der Waals surface area contributed by atoms with Crippen molar-refractivity contribution in [3.8, 4) is 16.9 Å². The van der Waals surface area contributed by atoms with Crippen LogP contribution in [0.25, 0.3) is 11.1 Å². The summed E-state index contributed by atoms with van der Waals surface area (Å²) in [7, 11) is 0. The van der Waals surface area contributed by atoms with Crippen LogP contribution in [0.2, 0.25) is 0 Å². The van der Waals surface area contributed by atoms with Crippen molar-refractivity contribution in [1.29, 1.82) is 0 Å². The molecular formula is C15H14O3. The molecule has 0 spiro atoms. The second kappa shape index (κ2) is 4.92. The smallest absolute Gasteiger partial charge is 0.310 e. The summed E-state index contributed by atoms with van der Waals surface area (Å²) in [5.41, 5.74) is 2.29. The molecule has 0 bridgehead atoms. The first-order chi connectivity index (χ1) is 8.59. The van der Waals surface area contributed by atoms with Crippen molar-refractivity contribution in [3.05, 3.63) is 54.1 Å². The van der Waals surface area contributed by atoms with E-state index in [2.05, 4.69) is 0 Å². The third kappa shape index (κ3) is 2.35. The summed E-state index contributed by atoms with van der Waals surface area (Å²) in [6.45, 7) is 1.56. The zero-order valence-electron chi connectivity index (χ0n) is 10.00. The van der Waals surface area contributed by atoms with Crippen LogP contribution in [0.1, 0.15) is 18.4 Å². The number of hydrogen-bond acceptors (Lipinski definition) is 2. The van der Waals surface area contributed by atoms with Crippen LogP contribution in [0, 0.1) is 0 Å². The molecule has 0 aliphatic rings. The quantitative estimate of drug-likeness (QED) is 0.868. The predicted octanol–water partition coefficient (Wildman–Crippen LogP) is 3.25. The summed E-state index contributed by atoms with van der Waals surface area (Å²) in [6.07, 6.45) is 0. The van der Waals surface area contributed by atoms with Crippen molar-refractivity contribution < 1.29 is 15.0 Å². The van der Waals surface area contributed by atoms with Gasteiger partial charge in [0.25, 0.3) is 0 Å². The van der Waals surface area contributed by atoms with Crippen LogP contribution in [0.5, 0.6) is 5.75 Å². The summed E-state index contributed by atoms with van der Waals surface area (Å²) in [4.78, 5) is 10.9. The Morgan fingerprint density at radius 1 is 1.06 bits per heavy atom. The second-order valence-corrected chi connectivity index (χ2v) is 4.20. The molecule has 0 fully saturated rings. The number of phenolic OH excluding ortho intramolecular Hbond substituents is 1. The Bertz CT molecular complexity index is 561. The highest BCUT2D eigenvalue weighted by Gasteiger charge is 2.17. The Balaban J connectivity index is 2.40. The number of aromatic hydroxyl groups is 1. The molecular weight excluding hydrogens is 228 g/mol. The Hall–Kier alpha value is -2.29. The highest BCUT2D eigenvalue weighted by atomic mass is 16.4. The van der Waals surface area contributed by atoms with Crippen molar-refractivity contribution >= 4 is 5.97 Å². The lowest BCUT2D eigenvalue weighted by molar-refractivity contribution is -0.138. The van der Waals surface area contributed by atoms with Crippen LogP contribution in [0.4, 0.5) is 0 Å². The van der Waals surface area contributed by atoms with E-state index in [-0.39, 0.29) is 5.75 Å². The first-order valence-corrected chi connectivity index (χ1v) is 5.70. The predicted molar refractivity (Wildman–Crippen MR) is 69.6 cm³/mol. The first kappa shape index (κ1) is 12.2. The van der Waals surface area contributed by atoms with Gasteiger partial charge in [0.05, 0.1) is 5.92 Å². The van der Waals surface area contributed by atoms with Gasteiger partial charge in [-0.2, -0.15) is 0 Å². The van der Waals surface area contributed by atoms with E-state index in [1.54, 1.807) is 19.1 Å². The molecule has 2 aromatic rings. The molecule has 1 unspecified atom stereocenters. The molecule has 0 aromatic heterocycles. The molecule has 2 aromatic carbocycles. The van der Waals surface area contributed by atoms with Gasteiger partial charge >= 0.3 is 5.97 Å². The van der Waals surface area contributed by atoms with Gasteiger partial charge in [-0.25, -0.2) is 0 Å². The van der Waals surface area contributed by atoms with Gasteiger partial charge in [-0.05, 0) is 24.1 Å². The number of carbonyl (C=O) groups is 1. The van der Waals surface area contributed by atoms with Gasteiger partial charge in [0, 0.05) is 5.56 Å². The summed E-state index contributed by atoms with van der Waals surface area (Å²) in [6, 6.07) is 14.7. The number of benzene rings is 2. The largest absolute Gasteiger partial charge is 0.508 e. The standard InChI is InChI=1S/C15H14O3/c1-10(15(17)18)13-8-7-12(9-14(13)16)11-5-3-2-4-6-11/h2-10,16H,1H3,(H,17,18). The van der Waals surface area contributed by atoms with Crippen molar-refractivity contribution in [2.45, 2.75) is 12.8 Å². The van der Waals surface area contributed by atoms with Crippen LogP contribution in [-0.2, 0) is 4.79 Å². The lowest BCUT2D eigenvalue weighted by Gasteiger charge is -2.10. The maximum absolute atomic E-state index is 10.9. The SMILES string of the molecule is CC(C(=O)O)c1ccc(-c2ccccc2)cc1O. The fraction of sp³-hybridized carbons (Fsp3) is 0.133. The van der Waals surface area contributed by atoms with Gasteiger partial charge < -0.3 is 10.2 Å². The van der Waals surface area contributed by atoms with Crippen LogP contribution in [0.15, 0.2) is 48.5 Å². The maximum Gasteiger partial charge on any atom is 0.310 e. The van der Waals surface area contributed by atoms with Crippen molar-refractivity contribution in [2.75, 3.05) is 0 Å². The molecule has 0 radical (unpaired) electrons. The normalized spacial score (nSPS) is 12.1. The highest BCUT2D eigenvalue weighted by Crippen LogP contribution is 2.30. The lowest BCUT2D eigenvalue weighted by atomic mass is 9.96. The molecule has 0 aliphatic carbocycles. The molecule has 0 heterocycles. The van der Waals surface area contributed by atoms with Gasteiger partial charge in [-0.3, -0.25) is 4.79 Å². The number of carboxylic acids is 1. The Kier molecular flexibility index (Phi) is 3.33. The van der Waals surface area contributed by atoms with E-state index in [9.17, 15) is 9.90 Å². The highest BCUT2D eigenvalue weighted by molar-refractivity contribution is 5.77. The van der Waals surface area contributed by atoms with Crippen LogP contribution in [-0.4, -0.2) is 16.2 Å². The minimum absolute atomic E-state index is 0.0197. The van der Waals surface area contributed by atoms with E-state index in [4.69, 9.17) is 5.11 Å². The fourth-order valence-corrected chi connectivity index (χ4v) is 1.85. The van der Waals surface area contributed by atoms with E-state index in [1.807, 2.05) is 36.4 Å². The monoisotopic (exact) mass is 242 g/mol. The molecule has 0 saturated heterocycles. The van der Waals surface area contributed by atoms with Gasteiger partial charge in [0.1, 0.15) is 5.75 Å². The Morgan fingerprint density at radius 3 is 2.28 bits per heavy atom. The summed E-state index contributed by atoms with van der Waals surface area (Å²) < 4.78 is 0. The molecule has 2 N–H and O–H groups in total. The number of hydrogen-bond donors (Lipinski definition) is 2. The van der Waals surface area contributed by atoms with Gasteiger partial charge in [-0.15, -0.1) is 0 Å². The van der Waals surface area contributed by atoms with Crippen molar-refractivity contribution in [1.82, 2.24) is 0 Å². The zero-order valence-corrected chi connectivity index (χ0v) is 10.00. The van der Waals surface area contributed by atoms with Crippen LogP contribution >= 0.6 is 0 Å². The molecule has 0 amide bonds. The summed E-state index contributed by atoms with van der Waals surface area (Å²) in [5.74, 6) is -1.64. The number of carboxylic acid groups (broad SMARTS) is 1. The van der Waals surface area contributed by atoms with Crippen LogP contribution in [0.3, 0.4) is 0 Å². The third-order valence-corrected chi connectivity index (χ3v) is 2.97. The van der Waals surface area contributed by atoms with E-state index in [0.29, 0.717) is 5.56 Å². The minimum atomic E-state index is -0.947. The third-order valence-electron chi connectivity index (χ3n) is 2.97. The van der Waals surface area contributed by atoms with Gasteiger partial charge in [-0.1, -0.05) is 42.5 Å². The second-order valence-electron chi connectivity index (χ2n) is 4.20. The summed E-state index contributed by atoms with van der Waals surface area (Å²) >= 11 is 0. The Morgan fingerprint density at radius 2 is 1.72 bits per heavy atom. The molecule has 0 saturated carbocycles. The lowest BCUT2D eigenvalue weighted by Crippen LogP contribution is -2.07. The van der Waals surface area contributed by atoms with Gasteiger partial charge in [0.15, 0.2) is 0 Å². The van der Waals surface area contributed by atoms with E-state index in [0.717, 1.165) is 11.1 Å². The molecule has 0 aliphatic heterocycles. The minimum Gasteiger partial charge on any atom is -0.508 e. The average Bonchev–Trinajstić information content (AvgIpc) is 2.38. The van der Waals surface area contributed by atoms with E-state index < -0.39 is 11.9 Å². The van der Waals surface area contributed by atoms with E-state index in [1.165, 1.54) is 0 Å². The average molecular weight is 242 g/mol.